The van der Waals surface area contributed by atoms with Gasteiger partial charge in [0, 0.05) is 11.8 Å². The highest BCUT2D eigenvalue weighted by Gasteiger charge is 2.31. The Morgan fingerprint density at radius 1 is 1.25 bits per heavy atom. The molecule has 16 heavy (non-hydrogen) atoms. The van der Waals surface area contributed by atoms with Gasteiger partial charge in [0.15, 0.2) is 0 Å². The van der Waals surface area contributed by atoms with Gasteiger partial charge in [0.1, 0.15) is 0 Å². The highest BCUT2D eigenvalue weighted by atomic mass is 32.2. The van der Waals surface area contributed by atoms with Crippen molar-refractivity contribution in [2.75, 3.05) is 6.54 Å². The molecule has 0 fully saturated rings. The Balaban J connectivity index is 2.04. The molecule has 0 aliphatic carbocycles. The number of fused-ring (bicyclic) bond motifs is 1. The Hall–Kier alpha value is -1.35. The van der Waals surface area contributed by atoms with Crippen molar-refractivity contribution < 1.29 is 4.79 Å². The SMILES string of the molecule is O=C1C=C2C(c3ccccc3)=NCCC2S1. The van der Waals surface area contributed by atoms with Crippen LogP contribution >= 0.6 is 11.8 Å². The fourth-order valence-electron chi connectivity index (χ4n) is 2.13. The lowest BCUT2D eigenvalue weighted by molar-refractivity contribution is -0.106. The molecule has 1 unspecified atom stereocenters. The van der Waals surface area contributed by atoms with Gasteiger partial charge in [-0.3, -0.25) is 9.79 Å². The smallest absolute Gasteiger partial charge is 0.213 e. The van der Waals surface area contributed by atoms with E-state index in [1.165, 1.54) is 11.8 Å². The molecule has 0 aromatic heterocycles. The monoisotopic (exact) mass is 229 g/mol. The summed E-state index contributed by atoms with van der Waals surface area (Å²) in [7, 11) is 0. The van der Waals surface area contributed by atoms with E-state index in [-0.39, 0.29) is 5.12 Å². The minimum atomic E-state index is 0.172. The van der Waals surface area contributed by atoms with E-state index in [1.807, 2.05) is 18.2 Å². The molecular formula is C13H11NOS. The Kier molecular flexibility index (Phi) is 2.40. The van der Waals surface area contributed by atoms with Crippen LogP contribution in [0.2, 0.25) is 0 Å². The van der Waals surface area contributed by atoms with Crippen LogP contribution in [0.4, 0.5) is 0 Å². The molecule has 0 saturated carbocycles. The van der Waals surface area contributed by atoms with Crippen molar-refractivity contribution in [3.63, 3.8) is 0 Å². The number of nitrogens with zero attached hydrogens (tertiary/aromatic N) is 1. The molecule has 1 aromatic rings. The van der Waals surface area contributed by atoms with Crippen LogP contribution in [0, 0.1) is 0 Å². The minimum absolute atomic E-state index is 0.172. The summed E-state index contributed by atoms with van der Waals surface area (Å²) in [6, 6.07) is 10.1. The van der Waals surface area contributed by atoms with E-state index >= 15 is 0 Å². The molecule has 1 aromatic carbocycles. The third-order valence-electron chi connectivity index (χ3n) is 2.86. The molecule has 0 spiro atoms. The van der Waals surface area contributed by atoms with Gasteiger partial charge in [-0.25, -0.2) is 0 Å². The van der Waals surface area contributed by atoms with Gasteiger partial charge in [0.05, 0.1) is 5.71 Å². The van der Waals surface area contributed by atoms with Crippen molar-refractivity contribution in [3.8, 4) is 0 Å². The van der Waals surface area contributed by atoms with Gasteiger partial charge < -0.3 is 0 Å². The molecule has 3 heteroatoms. The van der Waals surface area contributed by atoms with Crippen LogP contribution in [0.5, 0.6) is 0 Å². The number of hydrogen-bond donors (Lipinski definition) is 0. The second kappa shape index (κ2) is 3.91. The normalized spacial score (nSPS) is 23.8. The number of hydrogen-bond acceptors (Lipinski definition) is 3. The summed E-state index contributed by atoms with van der Waals surface area (Å²) >= 11 is 1.44. The largest absolute Gasteiger partial charge is 0.284 e. The molecule has 1 atom stereocenters. The van der Waals surface area contributed by atoms with Crippen LogP contribution in [0.15, 0.2) is 47.0 Å². The predicted molar refractivity (Wildman–Crippen MR) is 66.9 cm³/mol. The molecule has 0 radical (unpaired) electrons. The van der Waals surface area contributed by atoms with Gasteiger partial charge in [-0.15, -0.1) is 0 Å². The zero-order valence-electron chi connectivity index (χ0n) is 8.72. The van der Waals surface area contributed by atoms with Gasteiger partial charge in [0.25, 0.3) is 0 Å². The van der Waals surface area contributed by atoms with E-state index in [2.05, 4.69) is 17.1 Å². The second-order valence-electron chi connectivity index (χ2n) is 3.91. The van der Waals surface area contributed by atoms with E-state index in [0.717, 1.165) is 29.8 Å². The predicted octanol–water partition coefficient (Wildman–Crippen LogP) is 2.45. The maximum Gasteiger partial charge on any atom is 0.213 e. The average Bonchev–Trinajstić information content (AvgIpc) is 2.70. The lowest BCUT2D eigenvalue weighted by atomic mass is 9.95. The van der Waals surface area contributed by atoms with Crippen LogP contribution in [0.1, 0.15) is 12.0 Å². The summed E-state index contributed by atoms with van der Waals surface area (Å²) in [4.78, 5) is 16.0. The van der Waals surface area contributed by atoms with Crippen molar-refractivity contribution in [3.05, 3.63) is 47.5 Å². The first kappa shape index (κ1) is 9.85. The topological polar surface area (TPSA) is 29.4 Å². The van der Waals surface area contributed by atoms with Crippen molar-refractivity contribution in [1.29, 1.82) is 0 Å². The minimum Gasteiger partial charge on any atom is -0.284 e. The van der Waals surface area contributed by atoms with Gasteiger partial charge in [-0.05, 0) is 23.6 Å². The molecule has 2 heterocycles. The zero-order valence-corrected chi connectivity index (χ0v) is 9.54. The number of aliphatic imine (C=N–C) groups is 1. The highest BCUT2D eigenvalue weighted by Crippen LogP contribution is 2.35. The number of carbonyl (C=O) groups excluding carboxylic acids is 1. The summed E-state index contributed by atoms with van der Waals surface area (Å²) in [5.41, 5.74) is 3.25. The number of benzene rings is 1. The Morgan fingerprint density at radius 2 is 2.06 bits per heavy atom. The molecule has 0 saturated heterocycles. The number of thioether (sulfide) groups is 1. The zero-order chi connectivity index (χ0) is 11.0. The van der Waals surface area contributed by atoms with Crippen LogP contribution in [-0.2, 0) is 4.79 Å². The quantitative estimate of drug-likeness (QED) is 0.740. The van der Waals surface area contributed by atoms with Crippen molar-refractivity contribution in [2.45, 2.75) is 11.7 Å². The summed E-state index contributed by atoms with van der Waals surface area (Å²) in [5.74, 6) is 0. The second-order valence-corrected chi connectivity index (χ2v) is 5.12. The van der Waals surface area contributed by atoms with Crippen molar-refractivity contribution in [1.82, 2.24) is 0 Å². The summed E-state index contributed by atoms with van der Waals surface area (Å²) in [5, 5.41) is 0.505. The third kappa shape index (κ3) is 1.61. The molecule has 0 bridgehead atoms. The Labute approximate surface area is 98.5 Å². The van der Waals surface area contributed by atoms with Gasteiger partial charge in [0.2, 0.25) is 5.12 Å². The molecule has 2 nitrogen and oxygen atoms in total. The lowest BCUT2D eigenvalue weighted by Crippen LogP contribution is -2.20. The molecular weight excluding hydrogens is 218 g/mol. The van der Waals surface area contributed by atoms with E-state index in [0.29, 0.717) is 5.25 Å². The fraction of sp³-hybridized carbons (Fsp3) is 0.231. The van der Waals surface area contributed by atoms with E-state index in [4.69, 9.17) is 0 Å². The first-order valence-electron chi connectivity index (χ1n) is 5.37. The molecule has 3 rings (SSSR count). The van der Waals surface area contributed by atoms with Crippen molar-refractivity contribution in [2.24, 2.45) is 4.99 Å². The number of carbonyl (C=O) groups is 1. The van der Waals surface area contributed by atoms with E-state index in [9.17, 15) is 4.79 Å². The van der Waals surface area contributed by atoms with Gasteiger partial charge in [-0.1, -0.05) is 42.1 Å². The van der Waals surface area contributed by atoms with Crippen molar-refractivity contribution >= 4 is 22.6 Å². The maximum absolute atomic E-state index is 11.4. The lowest BCUT2D eigenvalue weighted by Gasteiger charge is -2.20. The first-order chi connectivity index (χ1) is 7.84. The Bertz CT molecular complexity index is 490. The van der Waals surface area contributed by atoms with Gasteiger partial charge in [-0.2, -0.15) is 0 Å². The van der Waals surface area contributed by atoms with Crippen LogP contribution in [-0.4, -0.2) is 22.6 Å². The molecule has 80 valence electrons. The van der Waals surface area contributed by atoms with Crippen LogP contribution in [0.3, 0.4) is 0 Å². The fourth-order valence-corrected chi connectivity index (χ4v) is 3.14. The summed E-state index contributed by atoms with van der Waals surface area (Å²) < 4.78 is 0. The van der Waals surface area contributed by atoms with E-state index in [1.54, 1.807) is 6.08 Å². The Morgan fingerprint density at radius 3 is 2.88 bits per heavy atom. The average molecular weight is 229 g/mol. The maximum atomic E-state index is 11.4. The molecule has 0 amide bonds. The highest BCUT2D eigenvalue weighted by molar-refractivity contribution is 8.15. The third-order valence-corrected chi connectivity index (χ3v) is 3.98. The molecule has 2 aliphatic rings. The first-order valence-corrected chi connectivity index (χ1v) is 6.25. The summed E-state index contributed by atoms with van der Waals surface area (Å²) in [6.07, 6.45) is 2.74. The van der Waals surface area contributed by atoms with Crippen LogP contribution < -0.4 is 0 Å². The molecule has 0 N–H and O–H groups in total. The number of rotatable bonds is 1. The van der Waals surface area contributed by atoms with Gasteiger partial charge >= 0.3 is 0 Å². The van der Waals surface area contributed by atoms with E-state index < -0.39 is 0 Å². The summed E-state index contributed by atoms with van der Waals surface area (Å²) in [6.45, 7) is 0.826. The van der Waals surface area contributed by atoms with Crippen LogP contribution in [0.25, 0.3) is 0 Å². The standard InChI is InChI=1S/C13H11NOS/c15-12-8-10-11(16-12)6-7-14-13(10)9-4-2-1-3-5-9/h1-5,8,11H,6-7H2. The molecule has 2 aliphatic heterocycles.